The molecule has 0 atom stereocenters. The first kappa shape index (κ1) is 15.0. The molecule has 0 bridgehead atoms. The normalized spacial score (nSPS) is 10.9. The average Bonchev–Trinajstić information content (AvgIpc) is 3.07. The molecule has 25 heavy (non-hydrogen) atoms. The Balaban J connectivity index is 1.58. The van der Waals surface area contributed by atoms with Gasteiger partial charge in [-0.25, -0.2) is 14.6 Å². The average molecular weight is 334 g/mol. The number of rotatable bonds is 4. The molecule has 4 rings (SSSR count). The fourth-order valence-electron chi connectivity index (χ4n) is 2.42. The summed E-state index contributed by atoms with van der Waals surface area (Å²) < 4.78 is 8.99. The Hall–Kier alpha value is -3.55. The van der Waals surface area contributed by atoms with E-state index in [4.69, 9.17) is 4.74 Å². The van der Waals surface area contributed by atoms with E-state index in [2.05, 4.69) is 20.2 Å². The lowest BCUT2D eigenvalue weighted by atomic mass is 10.2. The molecule has 0 aliphatic heterocycles. The summed E-state index contributed by atoms with van der Waals surface area (Å²) >= 11 is 0. The van der Waals surface area contributed by atoms with Crippen molar-refractivity contribution < 1.29 is 4.74 Å². The van der Waals surface area contributed by atoms with Gasteiger partial charge < -0.3 is 4.74 Å². The first-order valence-corrected chi connectivity index (χ1v) is 7.59. The van der Waals surface area contributed by atoms with Gasteiger partial charge >= 0.3 is 0 Å². The molecular formula is C17H14N6O2. The number of fused-ring (bicyclic) bond motifs is 1. The molecule has 4 aromatic rings. The molecule has 3 aromatic heterocycles. The lowest BCUT2D eigenvalue weighted by Gasteiger charge is -2.08. The van der Waals surface area contributed by atoms with Gasteiger partial charge in [-0.1, -0.05) is 0 Å². The minimum absolute atomic E-state index is 0.0686. The third-order valence-electron chi connectivity index (χ3n) is 3.69. The molecule has 0 spiro atoms. The Morgan fingerprint density at radius 2 is 2.12 bits per heavy atom. The van der Waals surface area contributed by atoms with Crippen molar-refractivity contribution in [1.82, 2.24) is 29.5 Å². The van der Waals surface area contributed by atoms with Crippen LogP contribution in [-0.2, 0) is 13.7 Å². The Kier molecular flexibility index (Phi) is 3.70. The van der Waals surface area contributed by atoms with Crippen molar-refractivity contribution in [2.75, 3.05) is 0 Å². The number of ether oxygens (including phenoxy) is 1. The smallest absolute Gasteiger partial charge is 0.206 e. The van der Waals surface area contributed by atoms with Crippen LogP contribution >= 0.6 is 0 Å². The minimum atomic E-state index is -0.177. The van der Waals surface area contributed by atoms with E-state index in [0.29, 0.717) is 11.4 Å². The minimum Gasteiger partial charge on any atom is -0.487 e. The number of nitrogens with zero attached hydrogens (tertiary/aromatic N) is 6. The number of hydrogen-bond acceptors (Lipinski definition) is 6. The Labute approximate surface area is 142 Å². The highest BCUT2D eigenvalue weighted by Gasteiger charge is 2.07. The Morgan fingerprint density at radius 1 is 1.20 bits per heavy atom. The molecule has 3 heterocycles. The SMILES string of the molecule is Cn1cc(-n2ccc(=O)c(COc3ccc4ncncc4c3)n2)cn1. The van der Waals surface area contributed by atoms with Gasteiger partial charge in [-0.15, -0.1) is 0 Å². The predicted octanol–water partition coefficient (Wildman–Crippen LogP) is 1.49. The van der Waals surface area contributed by atoms with Crippen LogP contribution in [0.4, 0.5) is 0 Å². The summed E-state index contributed by atoms with van der Waals surface area (Å²) in [6.07, 6.45) is 8.30. The van der Waals surface area contributed by atoms with Crippen molar-refractivity contribution in [1.29, 1.82) is 0 Å². The number of benzene rings is 1. The van der Waals surface area contributed by atoms with Gasteiger partial charge in [0.1, 0.15) is 30.1 Å². The molecule has 8 heteroatoms. The maximum atomic E-state index is 12.0. The number of aromatic nitrogens is 6. The Morgan fingerprint density at radius 3 is 2.96 bits per heavy atom. The molecule has 0 unspecified atom stereocenters. The van der Waals surface area contributed by atoms with Crippen LogP contribution in [0.3, 0.4) is 0 Å². The zero-order valence-corrected chi connectivity index (χ0v) is 13.4. The van der Waals surface area contributed by atoms with Crippen molar-refractivity contribution in [2.24, 2.45) is 7.05 Å². The van der Waals surface area contributed by atoms with Crippen LogP contribution < -0.4 is 10.2 Å². The summed E-state index contributed by atoms with van der Waals surface area (Å²) in [5.74, 6) is 0.625. The van der Waals surface area contributed by atoms with Gasteiger partial charge in [-0.2, -0.15) is 10.2 Å². The van der Waals surface area contributed by atoms with Gasteiger partial charge in [-0.05, 0) is 18.2 Å². The zero-order chi connectivity index (χ0) is 17.2. The van der Waals surface area contributed by atoms with Crippen molar-refractivity contribution in [3.8, 4) is 11.4 Å². The summed E-state index contributed by atoms with van der Waals surface area (Å²) in [5.41, 5.74) is 1.74. The molecule has 8 nitrogen and oxygen atoms in total. The second kappa shape index (κ2) is 6.16. The van der Waals surface area contributed by atoms with E-state index in [1.165, 1.54) is 12.4 Å². The second-order valence-corrected chi connectivity index (χ2v) is 5.48. The van der Waals surface area contributed by atoms with Crippen LogP contribution in [0.5, 0.6) is 5.75 Å². The third kappa shape index (κ3) is 3.09. The van der Waals surface area contributed by atoms with Crippen LogP contribution in [0.15, 0.2) is 60.2 Å². The van der Waals surface area contributed by atoms with E-state index >= 15 is 0 Å². The van der Waals surface area contributed by atoms with Crippen LogP contribution in [0, 0.1) is 0 Å². The molecule has 0 fully saturated rings. The van der Waals surface area contributed by atoms with E-state index in [9.17, 15) is 4.79 Å². The highest BCUT2D eigenvalue weighted by molar-refractivity contribution is 5.78. The lowest BCUT2D eigenvalue weighted by Crippen LogP contribution is -2.17. The number of aryl methyl sites for hydroxylation is 1. The number of hydrogen-bond donors (Lipinski definition) is 0. The van der Waals surface area contributed by atoms with Gasteiger partial charge in [-0.3, -0.25) is 9.48 Å². The first-order valence-electron chi connectivity index (χ1n) is 7.59. The van der Waals surface area contributed by atoms with Gasteiger partial charge in [0.15, 0.2) is 0 Å². The molecule has 0 N–H and O–H groups in total. The summed E-state index contributed by atoms with van der Waals surface area (Å²) in [7, 11) is 1.82. The van der Waals surface area contributed by atoms with Crippen LogP contribution in [0.1, 0.15) is 5.69 Å². The summed E-state index contributed by atoms with van der Waals surface area (Å²) in [6.45, 7) is 0.0686. The van der Waals surface area contributed by atoms with Crippen LogP contribution in [0.2, 0.25) is 0 Å². The zero-order valence-electron chi connectivity index (χ0n) is 13.4. The van der Waals surface area contributed by atoms with E-state index in [1.54, 1.807) is 34.0 Å². The maximum absolute atomic E-state index is 12.0. The summed E-state index contributed by atoms with van der Waals surface area (Å²) in [5, 5.41) is 9.31. The lowest BCUT2D eigenvalue weighted by molar-refractivity contribution is 0.298. The highest BCUT2D eigenvalue weighted by Crippen LogP contribution is 2.18. The van der Waals surface area contributed by atoms with Gasteiger partial charge in [0, 0.05) is 30.9 Å². The Bertz CT molecular complexity index is 1100. The highest BCUT2D eigenvalue weighted by atomic mass is 16.5. The molecule has 0 saturated heterocycles. The van der Waals surface area contributed by atoms with Gasteiger partial charge in [0.05, 0.1) is 17.9 Å². The second-order valence-electron chi connectivity index (χ2n) is 5.48. The summed E-state index contributed by atoms with van der Waals surface area (Å²) in [6, 6.07) is 6.95. The summed E-state index contributed by atoms with van der Waals surface area (Å²) in [4.78, 5) is 20.2. The largest absolute Gasteiger partial charge is 0.487 e. The molecule has 0 amide bonds. The van der Waals surface area contributed by atoms with Crippen molar-refractivity contribution in [2.45, 2.75) is 6.61 Å². The predicted molar refractivity (Wildman–Crippen MR) is 90.5 cm³/mol. The molecule has 124 valence electrons. The van der Waals surface area contributed by atoms with Crippen LogP contribution in [0.25, 0.3) is 16.6 Å². The van der Waals surface area contributed by atoms with Crippen LogP contribution in [-0.4, -0.2) is 29.5 Å². The standard InChI is InChI=1S/C17H14N6O2/c1-22-9-13(8-20-22)23-5-4-17(24)16(21-23)10-25-14-2-3-15-12(6-14)7-18-11-19-15/h2-9,11H,10H2,1H3. The molecular weight excluding hydrogens is 320 g/mol. The van der Waals surface area contributed by atoms with E-state index < -0.39 is 0 Å². The molecule has 0 aliphatic carbocycles. The van der Waals surface area contributed by atoms with E-state index in [1.807, 2.05) is 25.4 Å². The molecule has 0 saturated carbocycles. The van der Waals surface area contributed by atoms with E-state index in [-0.39, 0.29) is 12.0 Å². The molecule has 0 radical (unpaired) electrons. The van der Waals surface area contributed by atoms with Crippen molar-refractivity contribution in [3.63, 3.8) is 0 Å². The fourth-order valence-corrected chi connectivity index (χ4v) is 2.42. The van der Waals surface area contributed by atoms with Gasteiger partial charge in [0.25, 0.3) is 0 Å². The monoisotopic (exact) mass is 334 g/mol. The molecule has 0 aliphatic rings. The fraction of sp³-hybridized carbons (Fsp3) is 0.118. The maximum Gasteiger partial charge on any atom is 0.206 e. The van der Waals surface area contributed by atoms with E-state index in [0.717, 1.165) is 16.6 Å². The topological polar surface area (TPSA) is 87.7 Å². The van der Waals surface area contributed by atoms with Crippen molar-refractivity contribution in [3.05, 3.63) is 71.3 Å². The molecule has 1 aromatic carbocycles. The quantitative estimate of drug-likeness (QED) is 0.562. The van der Waals surface area contributed by atoms with Crippen molar-refractivity contribution >= 4 is 10.9 Å². The first-order chi connectivity index (χ1) is 12.2. The third-order valence-corrected chi connectivity index (χ3v) is 3.69. The van der Waals surface area contributed by atoms with Gasteiger partial charge in [0.2, 0.25) is 5.43 Å².